The average molecular weight is 280 g/mol. The first-order valence-electron chi connectivity index (χ1n) is 5.64. The molecule has 0 radical (unpaired) electrons. The van der Waals surface area contributed by atoms with Crippen LogP contribution < -0.4 is 0 Å². The summed E-state index contributed by atoms with van der Waals surface area (Å²) >= 11 is 1.07. The predicted octanol–water partition coefficient (Wildman–Crippen LogP) is 2.80. The van der Waals surface area contributed by atoms with Crippen LogP contribution in [0, 0.1) is 19.7 Å². The fourth-order valence-electron chi connectivity index (χ4n) is 1.68. The summed E-state index contributed by atoms with van der Waals surface area (Å²) in [6.07, 6.45) is 1.70. The van der Waals surface area contributed by atoms with Crippen molar-refractivity contribution in [2.24, 2.45) is 0 Å². The molecule has 0 saturated carbocycles. The van der Waals surface area contributed by atoms with Crippen LogP contribution in [0.4, 0.5) is 4.39 Å². The molecule has 1 heterocycles. The van der Waals surface area contributed by atoms with E-state index in [2.05, 4.69) is 4.98 Å². The smallest absolute Gasteiger partial charge is 0.313 e. The molecule has 0 unspecified atom stereocenters. The highest BCUT2D eigenvalue weighted by Gasteiger charge is 2.13. The molecule has 1 N–H and O–H groups in total. The highest BCUT2D eigenvalue weighted by atomic mass is 32.2. The van der Waals surface area contributed by atoms with Gasteiger partial charge in [-0.15, -0.1) is 0 Å². The van der Waals surface area contributed by atoms with Crippen molar-refractivity contribution in [3.05, 3.63) is 41.5 Å². The second-order valence-electron chi connectivity index (χ2n) is 4.17. The maximum absolute atomic E-state index is 13.9. The number of hydrogen-bond acceptors (Lipinski definition) is 3. The number of aliphatic carboxylic acids is 1. The zero-order valence-electron chi connectivity index (χ0n) is 10.6. The third kappa shape index (κ3) is 3.14. The van der Waals surface area contributed by atoms with E-state index in [0.717, 1.165) is 17.3 Å². The maximum atomic E-state index is 13.9. The Morgan fingerprint density at radius 3 is 2.89 bits per heavy atom. The molecule has 2 rings (SSSR count). The largest absolute Gasteiger partial charge is 0.481 e. The molecule has 0 atom stereocenters. The van der Waals surface area contributed by atoms with Gasteiger partial charge in [-0.2, -0.15) is 0 Å². The van der Waals surface area contributed by atoms with E-state index in [9.17, 15) is 9.18 Å². The summed E-state index contributed by atoms with van der Waals surface area (Å²) in [5.41, 5.74) is 2.03. The Balaban J connectivity index is 2.43. The SMILES string of the molecule is Cc1ccc(F)c(-n2cc(C)nc2SCC(=O)O)c1. The lowest BCUT2D eigenvalue weighted by atomic mass is 10.2. The molecule has 0 aliphatic heterocycles. The van der Waals surface area contributed by atoms with E-state index >= 15 is 0 Å². The highest BCUT2D eigenvalue weighted by Crippen LogP contribution is 2.24. The van der Waals surface area contributed by atoms with Crippen molar-refractivity contribution in [3.8, 4) is 5.69 Å². The fourth-order valence-corrected chi connectivity index (χ4v) is 2.43. The minimum Gasteiger partial charge on any atom is -0.481 e. The average Bonchev–Trinajstić information content (AvgIpc) is 2.71. The van der Waals surface area contributed by atoms with Crippen molar-refractivity contribution in [1.29, 1.82) is 0 Å². The Kier molecular flexibility index (Phi) is 3.90. The maximum Gasteiger partial charge on any atom is 0.313 e. The van der Waals surface area contributed by atoms with Crippen molar-refractivity contribution in [3.63, 3.8) is 0 Å². The number of thioether (sulfide) groups is 1. The molecule has 0 aliphatic carbocycles. The van der Waals surface area contributed by atoms with Crippen LogP contribution in [-0.2, 0) is 4.79 Å². The third-order valence-corrected chi connectivity index (χ3v) is 3.42. The number of carboxylic acids is 1. The first-order valence-corrected chi connectivity index (χ1v) is 6.63. The Morgan fingerprint density at radius 2 is 2.21 bits per heavy atom. The summed E-state index contributed by atoms with van der Waals surface area (Å²) < 4.78 is 15.5. The molecule has 0 bridgehead atoms. The van der Waals surface area contributed by atoms with Gasteiger partial charge in [0.05, 0.1) is 17.1 Å². The number of carbonyl (C=O) groups is 1. The number of benzene rings is 1. The van der Waals surface area contributed by atoms with Crippen LogP contribution in [0.1, 0.15) is 11.3 Å². The van der Waals surface area contributed by atoms with E-state index in [-0.39, 0.29) is 11.6 Å². The monoisotopic (exact) mass is 280 g/mol. The van der Waals surface area contributed by atoms with E-state index in [0.29, 0.717) is 16.5 Å². The Labute approximate surface area is 114 Å². The highest BCUT2D eigenvalue weighted by molar-refractivity contribution is 7.99. The van der Waals surface area contributed by atoms with Crippen molar-refractivity contribution in [2.45, 2.75) is 19.0 Å². The fraction of sp³-hybridized carbons (Fsp3) is 0.231. The predicted molar refractivity (Wildman–Crippen MR) is 71.4 cm³/mol. The van der Waals surface area contributed by atoms with Crippen LogP contribution >= 0.6 is 11.8 Å². The van der Waals surface area contributed by atoms with E-state index in [4.69, 9.17) is 5.11 Å². The van der Waals surface area contributed by atoms with Crippen LogP contribution in [-0.4, -0.2) is 26.4 Å². The molecule has 4 nitrogen and oxygen atoms in total. The lowest BCUT2D eigenvalue weighted by molar-refractivity contribution is -0.133. The molecule has 1 aromatic heterocycles. The standard InChI is InChI=1S/C13H13FN2O2S/c1-8-3-4-10(14)11(5-8)16-6-9(2)15-13(16)19-7-12(17)18/h3-6H,7H2,1-2H3,(H,17,18). The molecule has 0 saturated heterocycles. The Morgan fingerprint density at radius 1 is 1.47 bits per heavy atom. The minimum atomic E-state index is -0.929. The van der Waals surface area contributed by atoms with E-state index in [1.54, 1.807) is 29.8 Å². The van der Waals surface area contributed by atoms with E-state index in [1.165, 1.54) is 6.07 Å². The van der Waals surface area contributed by atoms with Gasteiger partial charge >= 0.3 is 5.97 Å². The quantitative estimate of drug-likeness (QED) is 0.875. The molecule has 0 amide bonds. The number of imidazole rings is 1. The first kappa shape index (κ1) is 13.6. The summed E-state index contributed by atoms with van der Waals surface area (Å²) in [5, 5.41) is 9.19. The van der Waals surface area contributed by atoms with Crippen LogP contribution in [0.15, 0.2) is 29.6 Å². The zero-order chi connectivity index (χ0) is 14.0. The number of aryl methyl sites for hydroxylation is 2. The summed E-state index contributed by atoms with van der Waals surface area (Å²) in [6.45, 7) is 3.66. The summed E-state index contributed by atoms with van der Waals surface area (Å²) in [5.74, 6) is -1.40. The second-order valence-corrected chi connectivity index (χ2v) is 5.11. The molecule has 0 fully saturated rings. The van der Waals surface area contributed by atoms with Crippen molar-refractivity contribution in [2.75, 3.05) is 5.75 Å². The van der Waals surface area contributed by atoms with E-state index in [1.807, 2.05) is 6.92 Å². The van der Waals surface area contributed by atoms with Crippen LogP contribution in [0.5, 0.6) is 0 Å². The molecule has 2 aromatic rings. The lowest BCUT2D eigenvalue weighted by Crippen LogP contribution is -2.03. The number of nitrogens with zero attached hydrogens (tertiary/aromatic N) is 2. The van der Waals surface area contributed by atoms with Gasteiger partial charge in [0.2, 0.25) is 0 Å². The zero-order valence-corrected chi connectivity index (χ0v) is 11.4. The van der Waals surface area contributed by atoms with Gasteiger partial charge in [0, 0.05) is 6.20 Å². The normalized spacial score (nSPS) is 10.7. The van der Waals surface area contributed by atoms with Crippen molar-refractivity contribution >= 4 is 17.7 Å². The van der Waals surface area contributed by atoms with Gasteiger partial charge in [0.1, 0.15) is 5.82 Å². The van der Waals surface area contributed by atoms with Gasteiger partial charge in [0.25, 0.3) is 0 Å². The first-order chi connectivity index (χ1) is 8.97. The van der Waals surface area contributed by atoms with Gasteiger partial charge in [-0.05, 0) is 31.5 Å². The summed E-state index contributed by atoms with van der Waals surface area (Å²) in [7, 11) is 0. The van der Waals surface area contributed by atoms with Gasteiger partial charge in [-0.25, -0.2) is 9.37 Å². The van der Waals surface area contributed by atoms with Crippen molar-refractivity contribution in [1.82, 2.24) is 9.55 Å². The Hall–Kier alpha value is -1.82. The topological polar surface area (TPSA) is 55.1 Å². The molecule has 1 aromatic carbocycles. The van der Waals surface area contributed by atoms with Gasteiger partial charge < -0.3 is 5.11 Å². The number of halogens is 1. The molecule has 0 aliphatic rings. The van der Waals surface area contributed by atoms with Crippen LogP contribution in [0.2, 0.25) is 0 Å². The van der Waals surface area contributed by atoms with Crippen LogP contribution in [0.25, 0.3) is 5.69 Å². The molecule has 0 spiro atoms. The lowest BCUT2D eigenvalue weighted by Gasteiger charge is -2.08. The van der Waals surface area contributed by atoms with Crippen LogP contribution in [0.3, 0.4) is 0 Å². The summed E-state index contributed by atoms with van der Waals surface area (Å²) in [6, 6.07) is 4.79. The molecule has 19 heavy (non-hydrogen) atoms. The summed E-state index contributed by atoms with van der Waals surface area (Å²) in [4.78, 5) is 14.8. The number of carboxylic acid groups (broad SMARTS) is 1. The number of aromatic nitrogens is 2. The van der Waals surface area contributed by atoms with Crippen molar-refractivity contribution < 1.29 is 14.3 Å². The third-order valence-electron chi connectivity index (χ3n) is 2.48. The molecule has 100 valence electrons. The second kappa shape index (κ2) is 5.44. The number of rotatable bonds is 4. The Bertz CT molecular complexity index is 625. The van der Waals surface area contributed by atoms with Gasteiger partial charge in [-0.1, -0.05) is 17.8 Å². The minimum absolute atomic E-state index is 0.107. The van der Waals surface area contributed by atoms with E-state index < -0.39 is 5.97 Å². The van der Waals surface area contributed by atoms with Gasteiger partial charge in [0.15, 0.2) is 5.16 Å². The molecular formula is C13H13FN2O2S. The van der Waals surface area contributed by atoms with Gasteiger partial charge in [-0.3, -0.25) is 9.36 Å². The number of hydrogen-bond donors (Lipinski definition) is 1. The molecule has 6 heteroatoms. The molecular weight excluding hydrogens is 267 g/mol.